The van der Waals surface area contributed by atoms with Crippen molar-refractivity contribution in [2.24, 2.45) is 11.1 Å². The number of aliphatic hydroxyl groups is 1. The van der Waals surface area contributed by atoms with Gasteiger partial charge in [0.1, 0.15) is 0 Å². The summed E-state index contributed by atoms with van der Waals surface area (Å²) in [5.41, 5.74) is 5.63. The molecule has 0 fully saturated rings. The van der Waals surface area contributed by atoms with Crippen molar-refractivity contribution in [3.05, 3.63) is 39.4 Å². The van der Waals surface area contributed by atoms with Crippen molar-refractivity contribution in [2.45, 2.75) is 27.3 Å². The van der Waals surface area contributed by atoms with Crippen molar-refractivity contribution in [3.63, 3.8) is 0 Å². The van der Waals surface area contributed by atoms with Crippen LogP contribution in [0.25, 0.3) is 0 Å². The van der Waals surface area contributed by atoms with Crippen LogP contribution in [-0.2, 0) is 6.54 Å². The summed E-state index contributed by atoms with van der Waals surface area (Å²) >= 11 is 0. The normalized spacial score (nSPS) is 11.7. The molecule has 22 heavy (non-hydrogen) atoms. The highest BCUT2D eigenvalue weighted by atomic mass is 16.6. The van der Waals surface area contributed by atoms with Crippen LogP contribution in [0.1, 0.15) is 36.7 Å². The topological polar surface area (TPSA) is 110 Å². The Balaban J connectivity index is 3.08. The van der Waals surface area contributed by atoms with E-state index in [0.29, 0.717) is 25.2 Å². The number of rotatable bonds is 7. The van der Waals surface area contributed by atoms with E-state index in [0.717, 1.165) is 0 Å². The predicted molar refractivity (Wildman–Crippen MR) is 83.4 cm³/mol. The highest BCUT2D eigenvalue weighted by molar-refractivity contribution is 5.93. The average Bonchev–Trinajstić information content (AvgIpc) is 2.36. The highest BCUT2D eigenvalue weighted by Gasteiger charge is 2.21. The van der Waals surface area contributed by atoms with Crippen LogP contribution < -0.4 is 5.73 Å². The number of hydrogen-bond donors (Lipinski definition) is 2. The molecule has 0 aromatic heterocycles. The van der Waals surface area contributed by atoms with Gasteiger partial charge >= 0.3 is 0 Å². The van der Waals surface area contributed by atoms with Gasteiger partial charge in [0, 0.05) is 36.8 Å². The Bertz CT molecular complexity index is 552. The molecular formula is C15H23N3O4. The molecule has 122 valence electrons. The van der Waals surface area contributed by atoms with Gasteiger partial charge in [-0.05, 0) is 11.5 Å². The smallest absolute Gasteiger partial charge is 0.274 e. The standard InChI is InChI=1S/C15H23N3O4/c1-15(2,3)10-17(6-7-19)9-12-5-4-11(14(16)20)8-13(12)18(21)22/h4-5,8,19H,6-7,9-10H2,1-3H3,(H2,16,20). The van der Waals surface area contributed by atoms with Gasteiger partial charge in [-0.1, -0.05) is 26.8 Å². The number of aliphatic hydroxyl groups excluding tert-OH is 1. The second kappa shape index (κ2) is 7.33. The van der Waals surface area contributed by atoms with E-state index in [2.05, 4.69) is 20.8 Å². The number of nitro benzene ring substituents is 1. The maximum atomic E-state index is 11.2. The molecule has 3 N–H and O–H groups in total. The molecule has 1 aromatic carbocycles. The van der Waals surface area contributed by atoms with Crippen LogP contribution in [0, 0.1) is 15.5 Å². The van der Waals surface area contributed by atoms with Gasteiger partial charge in [-0.15, -0.1) is 0 Å². The summed E-state index contributed by atoms with van der Waals surface area (Å²) in [7, 11) is 0. The molecule has 0 aliphatic rings. The molecule has 0 bridgehead atoms. The SMILES string of the molecule is CC(C)(C)CN(CCO)Cc1ccc(C(N)=O)cc1[N+](=O)[O-]. The minimum absolute atomic E-state index is 0.00286. The van der Waals surface area contributed by atoms with Crippen molar-refractivity contribution in [1.82, 2.24) is 4.90 Å². The Hall–Kier alpha value is -1.99. The molecule has 1 amide bonds. The summed E-state index contributed by atoms with van der Waals surface area (Å²) in [5, 5.41) is 20.4. The first-order valence-electron chi connectivity index (χ1n) is 7.04. The molecule has 0 spiro atoms. The van der Waals surface area contributed by atoms with E-state index in [1.165, 1.54) is 12.1 Å². The van der Waals surface area contributed by atoms with Crippen LogP contribution in [0.4, 0.5) is 5.69 Å². The van der Waals surface area contributed by atoms with Gasteiger partial charge in [-0.25, -0.2) is 0 Å². The van der Waals surface area contributed by atoms with Gasteiger partial charge in [0.2, 0.25) is 5.91 Å². The van der Waals surface area contributed by atoms with Gasteiger partial charge in [0.05, 0.1) is 11.5 Å². The quantitative estimate of drug-likeness (QED) is 0.586. The summed E-state index contributed by atoms with van der Waals surface area (Å²) in [6.45, 7) is 7.58. The highest BCUT2D eigenvalue weighted by Crippen LogP contribution is 2.24. The lowest BCUT2D eigenvalue weighted by Crippen LogP contribution is -2.34. The van der Waals surface area contributed by atoms with Crippen LogP contribution in [0.3, 0.4) is 0 Å². The molecule has 0 aliphatic heterocycles. The van der Waals surface area contributed by atoms with Crippen LogP contribution >= 0.6 is 0 Å². The molecule has 0 saturated carbocycles. The molecule has 7 nitrogen and oxygen atoms in total. The van der Waals surface area contributed by atoms with E-state index in [1.54, 1.807) is 6.07 Å². The molecule has 1 aromatic rings. The summed E-state index contributed by atoms with van der Waals surface area (Å²) in [6, 6.07) is 4.23. The van der Waals surface area contributed by atoms with Crippen LogP contribution in [0.2, 0.25) is 0 Å². The van der Waals surface area contributed by atoms with Gasteiger partial charge < -0.3 is 10.8 Å². The predicted octanol–water partition coefficient (Wildman–Crippen LogP) is 1.53. The van der Waals surface area contributed by atoms with Crippen molar-refractivity contribution in [2.75, 3.05) is 19.7 Å². The van der Waals surface area contributed by atoms with Crippen molar-refractivity contribution in [1.29, 1.82) is 0 Å². The third kappa shape index (κ3) is 5.42. The van der Waals surface area contributed by atoms with Crippen LogP contribution in [0.5, 0.6) is 0 Å². The number of carbonyl (C=O) groups is 1. The number of nitrogens with zero attached hydrogens (tertiary/aromatic N) is 2. The Kier molecular flexibility index (Phi) is 6.01. The van der Waals surface area contributed by atoms with Crippen molar-refractivity contribution < 1.29 is 14.8 Å². The minimum Gasteiger partial charge on any atom is -0.395 e. The van der Waals surface area contributed by atoms with Crippen molar-refractivity contribution in [3.8, 4) is 0 Å². The van der Waals surface area contributed by atoms with E-state index >= 15 is 0 Å². The van der Waals surface area contributed by atoms with Gasteiger partial charge in [0.15, 0.2) is 0 Å². The molecule has 0 unspecified atom stereocenters. The van der Waals surface area contributed by atoms with E-state index in [9.17, 15) is 20.0 Å². The summed E-state index contributed by atoms with van der Waals surface area (Å²) in [5.74, 6) is -0.698. The van der Waals surface area contributed by atoms with Gasteiger partial charge in [0.25, 0.3) is 5.69 Å². The summed E-state index contributed by atoms with van der Waals surface area (Å²) in [6.07, 6.45) is 0. The lowest BCUT2D eigenvalue weighted by Gasteiger charge is -2.29. The van der Waals surface area contributed by atoms with Crippen LogP contribution in [0.15, 0.2) is 18.2 Å². The molecule has 7 heteroatoms. The molecule has 1 rings (SSSR count). The number of amides is 1. The fourth-order valence-corrected chi connectivity index (χ4v) is 2.29. The third-order valence-electron chi connectivity index (χ3n) is 3.07. The Morgan fingerprint density at radius 3 is 2.50 bits per heavy atom. The second-order valence-electron chi connectivity index (χ2n) is 6.46. The summed E-state index contributed by atoms with van der Waals surface area (Å²) in [4.78, 5) is 23.8. The first-order chi connectivity index (χ1) is 10.1. The zero-order chi connectivity index (χ0) is 16.9. The number of primary amides is 1. The largest absolute Gasteiger partial charge is 0.395 e. The maximum Gasteiger partial charge on any atom is 0.274 e. The van der Waals surface area contributed by atoms with Crippen molar-refractivity contribution >= 4 is 11.6 Å². The number of nitrogens with two attached hydrogens (primary N) is 1. The van der Waals surface area contributed by atoms with Gasteiger partial charge in [-0.3, -0.25) is 19.8 Å². The molecule has 0 heterocycles. The van der Waals surface area contributed by atoms with E-state index in [4.69, 9.17) is 5.73 Å². The van der Waals surface area contributed by atoms with Gasteiger partial charge in [-0.2, -0.15) is 0 Å². The molecule has 0 saturated heterocycles. The molecule has 0 atom stereocenters. The fourth-order valence-electron chi connectivity index (χ4n) is 2.29. The maximum absolute atomic E-state index is 11.2. The number of nitro groups is 1. The first-order valence-corrected chi connectivity index (χ1v) is 7.04. The molecule has 0 aliphatic carbocycles. The Labute approximate surface area is 129 Å². The lowest BCUT2D eigenvalue weighted by molar-refractivity contribution is -0.385. The monoisotopic (exact) mass is 309 g/mol. The number of hydrogen-bond acceptors (Lipinski definition) is 5. The second-order valence-corrected chi connectivity index (χ2v) is 6.46. The summed E-state index contributed by atoms with van der Waals surface area (Å²) < 4.78 is 0. The number of carbonyl (C=O) groups excluding carboxylic acids is 1. The average molecular weight is 309 g/mol. The fraction of sp³-hybridized carbons (Fsp3) is 0.533. The third-order valence-corrected chi connectivity index (χ3v) is 3.07. The zero-order valence-electron chi connectivity index (χ0n) is 13.2. The molecule has 0 radical (unpaired) electrons. The zero-order valence-corrected chi connectivity index (χ0v) is 13.2. The Morgan fingerprint density at radius 1 is 1.41 bits per heavy atom. The first kappa shape index (κ1) is 18.1. The lowest BCUT2D eigenvalue weighted by atomic mass is 9.95. The van der Waals surface area contributed by atoms with Crippen LogP contribution in [-0.4, -0.2) is 40.5 Å². The number of benzene rings is 1. The minimum atomic E-state index is -0.698. The van der Waals surface area contributed by atoms with E-state index < -0.39 is 10.8 Å². The Morgan fingerprint density at radius 2 is 2.05 bits per heavy atom. The van der Waals surface area contributed by atoms with E-state index in [-0.39, 0.29) is 23.3 Å². The van der Waals surface area contributed by atoms with E-state index in [1.807, 2.05) is 4.90 Å². The molecular weight excluding hydrogens is 286 g/mol.